The molecule has 1 aliphatic carbocycles. The third-order valence-corrected chi connectivity index (χ3v) is 3.51. The Morgan fingerprint density at radius 2 is 1.90 bits per heavy atom. The van der Waals surface area contributed by atoms with Crippen molar-refractivity contribution < 1.29 is 14.7 Å². The fourth-order valence-electron chi connectivity index (χ4n) is 2.27. The fourth-order valence-corrected chi connectivity index (χ4v) is 2.27. The van der Waals surface area contributed by atoms with E-state index in [1.165, 1.54) is 4.90 Å². The standard InChI is InChI=1S/C15H15N3O3/c19-14(20)9-18(8-10-1-2-10)15(21)11-3-4-12-13(7-11)17-6-5-16-12/h3-7,10H,1-2,8-9H2,(H,19,20). The van der Waals surface area contributed by atoms with Crippen molar-refractivity contribution in [1.29, 1.82) is 0 Å². The lowest BCUT2D eigenvalue weighted by Crippen LogP contribution is -2.37. The zero-order valence-electron chi connectivity index (χ0n) is 11.4. The molecule has 0 spiro atoms. The van der Waals surface area contributed by atoms with Crippen molar-refractivity contribution in [2.45, 2.75) is 12.8 Å². The maximum atomic E-state index is 12.5. The van der Waals surface area contributed by atoms with Crippen molar-refractivity contribution in [3.05, 3.63) is 36.2 Å². The van der Waals surface area contributed by atoms with E-state index in [4.69, 9.17) is 5.11 Å². The van der Waals surface area contributed by atoms with Crippen molar-refractivity contribution in [1.82, 2.24) is 14.9 Å². The third-order valence-electron chi connectivity index (χ3n) is 3.51. The minimum absolute atomic E-state index is 0.267. The summed E-state index contributed by atoms with van der Waals surface area (Å²) < 4.78 is 0. The van der Waals surface area contributed by atoms with E-state index < -0.39 is 5.97 Å². The molecule has 1 N–H and O–H groups in total. The van der Waals surface area contributed by atoms with Crippen LogP contribution >= 0.6 is 0 Å². The second kappa shape index (κ2) is 5.47. The van der Waals surface area contributed by atoms with Crippen molar-refractivity contribution in [2.75, 3.05) is 13.1 Å². The number of hydrogen-bond acceptors (Lipinski definition) is 4. The van der Waals surface area contributed by atoms with Gasteiger partial charge < -0.3 is 10.0 Å². The Hall–Kier alpha value is -2.50. The zero-order valence-corrected chi connectivity index (χ0v) is 11.4. The van der Waals surface area contributed by atoms with Crippen LogP contribution in [0.25, 0.3) is 11.0 Å². The molecule has 0 bridgehead atoms. The molecule has 1 aromatic heterocycles. The minimum atomic E-state index is -0.996. The summed E-state index contributed by atoms with van der Waals surface area (Å²) in [6.07, 6.45) is 5.28. The molecular weight excluding hydrogens is 270 g/mol. The molecule has 21 heavy (non-hydrogen) atoms. The largest absolute Gasteiger partial charge is 0.480 e. The third kappa shape index (κ3) is 3.16. The van der Waals surface area contributed by atoms with E-state index in [1.807, 2.05) is 0 Å². The number of carboxylic acid groups (broad SMARTS) is 1. The van der Waals surface area contributed by atoms with Crippen LogP contribution in [0.1, 0.15) is 23.2 Å². The van der Waals surface area contributed by atoms with Gasteiger partial charge in [0.05, 0.1) is 11.0 Å². The first-order valence-corrected chi connectivity index (χ1v) is 6.85. The van der Waals surface area contributed by atoms with Crippen molar-refractivity contribution in [3.63, 3.8) is 0 Å². The summed E-state index contributed by atoms with van der Waals surface area (Å²) in [4.78, 5) is 33.2. The summed E-state index contributed by atoms with van der Waals surface area (Å²) in [6, 6.07) is 5.05. The van der Waals surface area contributed by atoms with Crippen LogP contribution in [0.15, 0.2) is 30.6 Å². The molecule has 6 nitrogen and oxygen atoms in total. The summed E-state index contributed by atoms with van der Waals surface area (Å²) >= 11 is 0. The molecule has 0 aliphatic heterocycles. The number of rotatable bonds is 5. The summed E-state index contributed by atoms with van der Waals surface area (Å²) in [5, 5.41) is 8.97. The summed E-state index contributed by atoms with van der Waals surface area (Å²) in [5.41, 5.74) is 1.79. The smallest absolute Gasteiger partial charge is 0.323 e. The maximum Gasteiger partial charge on any atom is 0.323 e. The van der Waals surface area contributed by atoms with Crippen LogP contribution in [0.5, 0.6) is 0 Å². The molecule has 1 heterocycles. The highest BCUT2D eigenvalue weighted by Crippen LogP contribution is 2.30. The number of carbonyl (C=O) groups excluding carboxylic acids is 1. The molecule has 0 saturated heterocycles. The van der Waals surface area contributed by atoms with Gasteiger partial charge in [-0.05, 0) is 37.0 Å². The molecule has 1 amide bonds. The van der Waals surface area contributed by atoms with E-state index >= 15 is 0 Å². The van der Waals surface area contributed by atoms with Crippen LogP contribution in [0, 0.1) is 5.92 Å². The Morgan fingerprint density at radius 1 is 1.19 bits per heavy atom. The fraction of sp³-hybridized carbons (Fsp3) is 0.333. The zero-order chi connectivity index (χ0) is 14.8. The van der Waals surface area contributed by atoms with Gasteiger partial charge in [0.1, 0.15) is 6.54 Å². The van der Waals surface area contributed by atoms with Crippen LogP contribution in [0.2, 0.25) is 0 Å². The van der Waals surface area contributed by atoms with E-state index in [-0.39, 0.29) is 12.5 Å². The van der Waals surface area contributed by atoms with Crippen LogP contribution in [-0.2, 0) is 4.79 Å². The molecule has 6 heteroatoms. The molecule has 1 fully saturated rings. The van der Waals surface area contributed by atoms with Crippen LogP contribution in [-0.4, -0.2) is 44.9 Å². The molecular formula is C15H15N3O3. The quantitative estimate of drug-likeness (QED) is 0.901. The number of carbonyl (C=O) groups is 2. The predicted molar refractivity (Wildman–Crippen MR) is 75.8 cm³/mol. The Balaban J connectivity index is 1.86. The number of carboxylic acids is 1. The van der Waals surface area contributed by atoms with E-state index in [0.717, 1.165) is 12.8 Å². The van der Waals surface area contributed by atoms with Crippen molar-refractivity contribution in [3.8, 4) is 0 Å². The highest BCUT2D eigenvalue weighted by molar-refractivity contribution is 5.98. The number of aromatic nitrogens is 2. The number of hydrogen-bond donors (Lipinski definition) is 1. The Kier molecular flexibility index (Phi) is 3.51. The lowest BCUT2D eigenvalue weighted by Gasteiger charge is -2.20. The van der Waals surface area contributed by atoms with Crippen LogP contribution < -0.4 is 0 Å². The maximum absolute atomic E-state index is 12.5. The number of aliphatic carboxylic acids is 1. The number of fused-ring (bicyclic) bond motifs is 1. The van der Waals surface area contributed by atoms with Gasteiger partial charge in [0.15, 0.2) is 0 Å². The Morgan fingerprint density at radius 3 is 2.57 bits per heavy atom. The molecule has 3 rings (SSSR count). The molecule has 1 saturated carbocycles. The van der Waals surface area contributed by atoms with Crippen LogP contribution in [0.3, 0.4) is 0 Å². The van der Waals surface area contributed by atoms with E-state index in [2.05, 4.69) is 9.97 Å². The van der Waals surface area contributed by atoms with Gasteiger partial charge in [0, 0.05) is 24.5 Å². The first kappa shape index (κ1) is 13.5. The molecule has 1 aromatic carbocycles. The minimum Gasteiger partial charge on any atom is -0.480 e. The average molecular weight is 285 g/mol. The SMILES string of the molecule is O=C(O)CN(CC1CC1)C(=O)c1ccc2nccnc2c1. The van der Waals surface area contributed by atoms with Gasteiger partial charge in [-0.1, -0.05) is 0 Å². The molecule has 2 aromatic rings. The highest BCUT2D eigenvalue weighted by Gasteiger charge is 2.28. The van der Waals surface area contributed by atoms with Gasteiger partial charge in [0.25, 0.3) is 5.91 Å². The highest BCUT2D eigenvalue weighted by atomic mass is 16.4. The summed E-state index contributed by atoms with van der Waals surface area (Å²) in [6.45, 7) is 0.234. The van der Waals surface area contributed by atoms with Crippen molar-refractivity contribution in [2.24, 2.45) is 5.92 Å². The number of benzene rings is 1. The summed E-state index contributed by atoms with van der Waals surface area (Å²) in [5.74, 6) is -0.824. The van der Waals surface area contributed by atoms with Crippen molar-refractivity contribution >= 4 is 22.9 Å². The predicted octanol–water partition coefficient (Wildman–Crippen LogP) is 1.57. The average Bonchev–Trinajstić information content (AvgIpc) is 3.29. The first-order valence-electron chi connectivity index (χ1n) is 6.85. The number of nitrogens with zero attached hydrogens (tertiary/aromatic N) is 3. The Bertz CT molecular complexity index is 697. The lowest BCUT2D eigenvalue weighted by molar-refractivity contribution is -0.137. The molecule has 0 atom stereocenters. The van der Waals surface area contributed by atoms with Gasteiger partial charge >= 0.3 is 5.97 Å². The normalized spacial score (nSPS) is 14.1. The van der Waals surface area contributed by atoms with Gasteiger partial charge in [-0.3, -0.25) is 19.6 Å². The second-order valence-corrected chi connectivity index (χ2v) is 5.28. The Labute approximate surface area is 121 Å². The van der Waals surface area contributed by atoms with Gasteiger partial charge in [0.2, 0.25) is 0 Å². The van der Waals surface area contributed by atoms with Gasteiger partial charge in [-0.15, -0.1) is 0 Å². The molecule has 0 radical (unpaired) electrons. The molecule has 1 aliphatic rings. The first-order chi connectivity index (χ1) is 10.1. The molecule has 108 valence electrons. The lowest BCUT2D eigenvalue weighted by atomic mass is 10.1. The van der Waals surface area contributed by atoms with E-state index in [9.17, 15) is 9.59 Å². The van der Waals surface area contributed by atoms with Gasteiger partial charge in [-0.25, -0.2) is 0 Å². The van der Waals surface area contributed by atoms with E-state index in [1.54, 1.807) is 30.6 Å². The topological polar surface area (TPSA) is 83.4 Å². The molecule has 0 unspecified atom stereocenters. The second-order valence-electron chi connectivity index (χ2n) is 5.28. The number of amides is 1. The van der Waals surface area contributed by atoms with E-state index in [0.29, 0.717) is 29.1 Å². The van der Waals surface area contributed by atoms with Crippen LogP contribution in [0.4, 0.5) is 0 Å². The monoisotopic (exact) mass is 285 g/mol. The summed E-state index contributed by atoms with van der Waals surface area (Å²) in [7, 11) is 0. The van der Waals surface area contributed by atoms with Gasteiger partial charge in [-0.2, -0.15) is 0 Å².